The molecular formula is C13H15ClN4. The van der Waals surface area contributed by atoms with E-state index >= 15 is 0 Å². The maximum atomic E-state index is 5.86. The fourth-order valence-corrected chi connectivity index (χ4v) is 1.86. The summed E-state index contributed by atoms with van der Waals surface area (Å²) in [7, 11) is 0. The highest BCUT2D eigenvalue weighted by Gasteiger charge is 2.08. The number of hydrogen-bond donors (Lipinski definition) is 2. The second-order valence-corrected chi connectivity index (χ2v) is 4.32. The first-order valence-corrected chi connectivity index (χ1v) is 6.21. The number of hydrogen-bond acceptors (Lipinski definition) is 4. The molecule has 4 nitrogen and oxygen atoms in total. The van der Waals surface area contributed by atoms with Gasteiger partial charge >= 0.3 is 0 Å². The Morgan fingerprint density at radius 3 is 2.83 bits per heavy atom. The van der Waals surface area contributed by atoms with Crippen LogP contribution in [-0.2, 0) is 6.42 Å². The molecule has 0 bridgehead atoms. The molecule has 0 saturated heterocycles. The Balaban J connectivity index is 2.31. The molecule has 5 heteroatoms. The highest BCUT2D eigenvalue weighted by Crippen LogP contribution is 2.27. The van der Waals surface area contributed by atoms with Gasteiger partial charge in [0.2, 0.25) is 0 Å². The van der Waals surface area contributed by atoms with E-state index in [1.54, 1.807) is 0 Å². The standard InChI is InChI=1S/C13H15ClN4/c1-2-5-9-6-3-4-7-10(9)18-13-11(15)12(14)16-8-17-13/h3-4,6-8H,2,5,15H2,1H3,(H,16,17,18). The third-order valence-electron chi connectivity index (χ3n) is 2.63. The van der Waals surface area contributed by atoms with Gasteiger partial charge in [-0.25, -0.2) is 9.97 Å². The topological polar surface area (TPSA) is 63.8 Å². The molecule has 0 aliphatic carbocycles. The summed E-state index contributed by atoms with van der Waals surface area (Å²) in [6, 6.07) is 8.08. The second-order valence-electron chi connectivity index (χ2n) is 3.96. The average molecular weight is 263 g/mol. The minimum atomic E-state index is 0.264. The van der Waals surface area contributed by atoms with Crippen molar-refractivity contribution in [1.29, 1.82) is 0 Å². The highest BCUT2D eigenvalue weighted by molar-refractivity contribution is 6.32. The summed E-state index contributed by atoms with van der Waals surface area (Å²) < 4.78 is 0. The van der Waals surface area contributed by atoms with Crippen LogP contribution < -0.4 is 11.1 Å². The molecule has 0 fully saturated rings. The predicted octanol–water partition coefficient (Wildman–Crippen LogP) is 3.41. The van der Waals surface area contributed by atoms with Crippen LogP contribution in [0.2, 0.25) is 5.15 Å². The lowest BCUT2D eigenvalue weighted by molar-refractivity contribution is 0.923. The van der Waals surface area contributed by atoms with Crippen molar-refractivity contribution >= 4 is 28.8 Å². The summed E-state index contributed by atoms with van der Waals surface area (Å²) in [6.45, 7) is 2.15. The summed E-state index contributed by atoms with van der Waals surface area (Å²) in [4.78, 5) is 7.93. The predicted molar refractivity (Wildman–Crippen MR) is 75.2 cm³/mol. The molecule has 1 aromatic heterocycles. The zero-order valence-electron chi connectivity index (χ0n) is 10.2. The SMILES string of the molecule is CCCc1ccccc1Nc1ncnc(Cl)c1N. The zero-order chi connectivity index (χ0) is 13.0. The van der Waals surface area contributed by atoms with E-state index in [0.29, 0.717) is 11.5 Å². The van der Waals surface area contributed by atoms with Crippen molar-refractivity contribution in [2.24, 2.45) is 0 Å². The lowest BCUT2D eigenvalue weighted by Gasteiger charge is -2.12. The number of benzene rings is 1. The van der Waals surface area contributed by atoms with E-state index in [-0.39, 0.29) is 5.15 Å². The van der Waals surface area contributed by atoms with Crippen LogP contribution in [0.3, 0.4) is 0 Å². The van der Waals surface area contributed by atoms with Gasteiger partial charge < -0.3 is 11.1 Å². The number of halogens is 1. The van der Waals surface area contributed by atoms with Gasteiger partial charge in [-0.3, -0.25) is 0 Å². The normalized spacial score (nSPS) is 10.3. The maximum absolute atomic E-state index is 5.86. The Kier molecular flexibility index (Phi) is 3.99. The smallest absolute Gasteiger partial charge is 0.158 e. The first-order valence-electron chi connectivity index (χ1n) is 5.83. The van der Waals surface area contributed by atoms with Gasteiger partial charge in [-0.1, -0.05) is 43.1 Å². The number of aromatic nitrogens is 2. The van der Waals surface area contributed by atoms with Crippen molar-refractivity contribution in [3.8, 4) is 0 Å². The van der Waals surface area contributed by atoms with Crippen LogP contribution in [0.25, 0.3) is 0 Å². The molecule has 2 rings (SSSR count). The van der Waals surface area contributed by atoms with E-state index in [1.807, 2.05) is 18.2 Å². The molecule has 0 aliphatic rings. The molecular weight excluding hydrogens is 248 g/mol. The lowest BCUT2D eigenvalue weighted by Crippen LogP contribution is -2.03. The Bertz CT molecular complexity index is 542. The molecule has 94 valence electrons. The van der Waals surface area contributed by atoms with Gasteiger partial charge in [-0.2, -0.15) is 0 Å². The van der Waals surface area contributed by atoms with Crippen molar-refractivity contribution in [3.05, 3.63) is 41.3 Å². The van der Waals surface area contributed by atoms with Crippen LogP contribution in [0.15, 0.2) is 30.6 Å². The Labute approximate surface area is 111 Å². The average Bonchev–Trinajstić information content (AvgIpc) is 2.37. The van der Waals surface area contributed by atoms with E-state index in [1.165, 1.54) is 11.9 Å². The van der Waals surface area contributed by atoms with Gasteiger partial charge in [-0.15, -0.1) is 0 Å². The summed E-state index contributed by atoms with van der Waals surface area (Å²) in [5, 5.41) is 3.47. The third kappa shape index (κ3) is 2.71. The number of nitrogens with zero attached hydrogens (tertiary/aromatic N) is 2. The first kappa shape index (κ1) is 12.6. The van der Waals surface area contributed by atoms with Crippen LogP contribution >= 0.6 is 11.6 Å². The summed E-state index contributed by atoms with van der Waals surface area (Å²) in [5.41, 5.74) is 8.43. The zero-order valence-corrected chi connectivity index (χ0v) is 10.9. The van der Waals surface area contributed by atoms with E-state index in [9.17, 15) is 0 Å². The van der Waals surface area contributed by atoms with Gasteiger partial charge in [0.15, 0.2) is 11.0 Å². The van der Waals surface area contributed by atoms with E-state index in [0.717, 1.165) is 18.5 Å². The van der Waals surface area contributed by atoms with Crippen LogP contribution in [0, 0.1) is 0 Å². The molecule has 18 heavy (non-hydrogen) atoms. The number of nitrogens with one attached hydrogen (secondary N) is 1. The van der Waals surface area contributed by atoms with E-state index < -0.39 is 0 Å². The Hall–Kier alpha value is -1.81. The Morgan fingerprint density at radius 1 is 1.28 bits per heavy atom. The number of aryl methyl sites for hydroxylation is 1. The number of anilines is 3. The minimum absolute atomic E-state index is 0.264. The second kappa shape index (κ2) is 5.69. The van der Waals surface area contributed by atoms with Crippen LogP contribution in [0.4, 0.5) is 17.2 Å². The molecule has 1 aromatic carbocycles. The maximum Gasteiger partial charge on any atom is 0.158 e. The molecule has 3 N–H and O–H groups in total. The van der Waals surface area contributed by atoms with Crippen molar-refractivity contribution in [2.45, 2.75) is 19.8 Å². The first-order chi connectivity index (χ1) is 8.72. The van der Waals surface area contributed by atoms with Crippen LogP contribution in [0.1, 0.15) is 18.9 Å². The molecule has 0 aliphatic heterocycles. The number of rotatable bonds is 4. The van der Waals surface area contributed by atoms with Crippen molar-refractivity contribution in [2.75, 3.05) is 11.1 Å². The molecule has 0 radical (unpaired) electrons. The molecule has 0 amide bonds. The van der Waals surface area contributed by atoms with Crippen LogP contribution in [-0.4, -0.2) is 9.97 Å². The Morgan fingerprint density at radius 2 is 2.06 bits per heavy atom. The van der Waals surface area contributed by atoms with Gasteiger partial charge in [0.05, 0.1) is 0 Å². The molecule has 1 heterocycles. The molecule has 0 saturated carbocycles. The van der Waals surface area contributed by atoms with Gasteiger partial charge in [0, 0.05) is 5.69 Å². The van der Waals surface area contributed by atoms with Gasteiger partial charge in [0.1, 0.15) is 12.0 Å². The van der Waals surface area contributed by atoms with Crippen molar-refractivity contribution in [1.82, 2.24) is 9.97 Å². The summed E-state index contributed by atoms with van der Waals surface area (Å²) >= 11 is 5.86. The quantitative estimate of drug-likeness (QED) is 0.829. The van der Waals surface area contributed by atoms with Gasteiger partial charge in [0.25, 0.3) is 0 Å². The van der Waals surface area contributed by atoms with E-state index in [4.69, 9.17) is 17.3 Å². The van der Waals surface area contributed by atoms with Crippen LogP contribution in [0.5, 0.6) is 0 Å². The van der Waals surface area contributed by atoms with Gasteiger partial charge in [-0.05, 0) is 18.1 Å². The molecule has 2 aromatic rings. The molecule has 0 spiro atoms. The number of para-hydroxylation sites is 1. The van der Waals surface area contributed by atoms with E-state index in [2.05, 4.69) is 28.3 Å². The number of nitrogen functional groups attached to an aromatic ring is 1. The number of nitrogens with two attached hydrogens (primary N) is 1. The summed E-state index contributed by atoms with van der Waals surface area (Å²) in [5.74, 6) is 0.540. The fourth-order valence-electron chi connectivity index (χ4n) is 1.73. The molecule has 0 unspecified atom stereocenters. The summed E-state index contributed by atoms with van der Waals surface area (Å²) in [6.07, 6.45) is 3.48. The molecule has 0 atom stereocenters. The minimum Gasteiger partial charge on any atom is -0.393 e. The third-order valence-corrected chi connectivity index (χ3v) is 2.93. The monoisotopic (exact) mass is 262 g/mol. The highest BCUT2D eigenvalue weighted by atomic mass is 35.5. The lowest BCUT2D eigenvalue weighted by atomic mass is 10.1. The fraction of sp³-hybridized carbons (Fsp3) is 0.231. The van der Waals surface area contributed by atoms with Crippen molar-refractivity contribution < 1.29 is 0 Å². The largest absolute Gasteiger partial charge is 0.393 e. The van der Waals surface area contributed by atoms with Crippen molar-refractivity contribution in [3.63, 3.8) is 0 Å².